The molecule has 0 bridgehead atoms. The first-order chi connectivity index (χ1) is 7.06. The van der Waals surface area contributed by atoms with Crippen molar-refractivity contribution in [2.75, 3.05) is 12.3 Å². The molecule has 3 nitrogen and oxygen atoms in total. The predicted molar refractivity (Wildman–Crippen MR) is 63.9 cm³/mol. The van der Waals surface area contributed by atoms with Gasteiger partial charge in [0.1, 0.15) is 0 Å². The van der Waals surface area contributed by atoms with Crippen LogP contribution in [0.25, 0.3) is 0 Å². The van der Waals surface area contributed by atoms with E-state index < -0.39 is 0 Å². The van der Waals surface area contributed by atoms with Gasteiger partial charge in [-0.15, -0.1) is 0 Å². The van der Waals surface area contributed by atoms with E-state index in [9.17, 15) is 4.79 Å². The van der Waals surface area contributed by atoms with Gasteiger partial charge in [-0.1, -0.05) is 17.7 Å². The molecule has 2 N–H and O–H groups in total. The van der Waals surface area contributed by atoms with Crippen molar-refractivity contribution < 1.29 is 9.53 Å². The fraction of sp³-hybridized carbons (Fsp3) is 0.300. The molecular weight excluding hydrogens is 281 g/mol. The number of hydrogen-bond acceptors (Lipinski definition) is 3. The van der Waals surface area contributed by atoms with Gasteiger partial charge in [-0.05, 0) is 34.5 Å². The molecule has 0 aromatic heterocycles. The number of carbonyl (C=O) groups excluding carboxylic acids is 1. The number of anilines is 1. The molecule has 82 valence electrons. The first-order valence-electron chi connectivity index (χ1n) is 4.44. The minimum atomic E-state index is -0.279. The van der Waals surface area contributed by atoms with Gasteiger partial charge in [0.05, 0.1) is 23.7 Å². The Morgan fingerprint density at radius 3 is 2.87 bits per heavy atom. The topological polar surface area (TPSA) is 52.3 Å². The van der Waals surface area contributed by atoms with E-state index in [0.29, 0.717) is 21.8 Å². The Balaban J connectivity index is 2.87. The fourth-order valence-corrected chi connectivity index (χ4v) is 1.79. The van der Waals surface area contributed by atoms with E-state index in [0.717, 1.165) is 5.56 Å². The molecule has 0 fully saturated rings. The number of hydrogen-bond donors (Lipinski definition) is 1. The normalized spacial score (nSPS) is 10.1. The van der Waals surface area contributed by atoms with Crippen molar-refractivity contribution in [3.63, 3.8) is 0 Å². The number of nitrogens with two attached hydrogens (primary N) is 1. The number of ether oxygens (including phenoxy) is 1. The average molecular weight is 293 g/mol. The van der Waals surface area contributed by atoms with Crippen molar-refractivity contribution in [1.82, 2.24) is 0 Å². The SMILES string of the molecule is CCOC(=O)Cc1ccc(N)c(Cl)c1Br. The molecule has 15 heavy (non-hydrogen) atoms. The zero-order chi connectivity index (χ0) is 11.4. The summed E-state index contributed by atoms with van der Waals surface area (Å²) in [6, 6.07) is 3.42. The summed E-state index contributed by atoms with van der Waals surface area (Å²) < 4.78 is 5.49. The lowest BCUT2D eigenvalue weighted by molar-refractivity contribution is -0.142. The van der Waals surface area contributed by atoms with Crippen molar-refractivity contribution in [3.8, 4) is 0 Å². The summed E-state index contributed by atoms with van der Waals surface area (Å²) in [6.07, 6.45) is 0.189. The van der Waals surface area contributed by atoms with Crippen LogP contribution >= 0.6 is 27.5 Å². The van der Waals surface area contributed by atoms with E-state index in [-0.39, 0.29) is 12.4 Å². The Morgan fingerprint density at radius 2 is 2.27 bits per heavy atom. The van der Waals surface area contributed by atoms with Crippen molar-refractivity contribution in [2.45, 2.75) is 13.3 Å². The zero-order valence-electron chi connectivity index (χ0n) is 8.22. The molecule has 0 atom stereocenters. The Hall–Kier alpha value is -0.740. The smallest absolute Gasteiger partial charge is 0.310 e. The highest BCUT2D eigenvalue weighted by atomic mass is 79.9. The molecule has 1 aromatic carbocycles. The Morgan fingerprint density at radius 1 is 1.60 bits per heavy atom. The molecule has 0 heterocycles. The summed E-state index contributed by atoms with van der Waals surface area (Å²) in [6.45, 7) is 2.14. The Bertz CT molecular complexity index is 382. The predicted octanol–water partition coefficient (Wildman–Crippen LogP) is 2.79. The van der Waals surface area contributed by atoms with Crippen LogP contribution in [-0.4, -0.2) is 12.6 Å². The number of halogens is 2. The van der Waals surface area contributed by atoms with Gasteiger partial charge in [-0.25, -0.2) is 0 Å². The lowest BCUT2D eigenvalue weighted by Crippen LogP contribution is -2.08. The lowest BCUT2D eigenvalue weighted by atomic mass is 10.1. The molecule has 0 aliphatic heterocycles. The Labute approximate surface area is 102 Å². The van der Waals surface area contributed by atoms with Gasteiger partial charge in [0.15, 0.2) is 0 Å². The summed E-state index contributed by atoms with van der Waals surface area (Å²) in [7, 11) is 0. The minimum absolute atomic E-state index is 0.189. The van der Waals surface area contributed by atoms with Gasteiger partial charge in [0.25, 0.3) is 0 Å². The van der Waals surface area contributed by atoms with E-state index in [1.807, 2.05) is 0 Å². The maximum atomic E-state index is 11.2. The summed E-state index contributed by atoms with van der Waals surface area (Å²) in [5.41, 5.74) is 6.85. The Kier molecular flexibility index (Phi) is 4.42. The first kappa shape index (κ1) is 12.3. The summed E-state index contributed by atoms with van der Waals surface area (Å²) in [5.74, 6) is -0.279. The van der Waals surface area contributed by atoms with Crippen LogP contribution in [0.15, 0.2) is 16.6 Å². The number of esters is 1. The molecule has 0 spiro atoms. The van der Waals surface area contributed by atoms with Crippen molar-refractivity contribution in [3.05, 3.63) is 27.2 Å². The second kappa shape index (κ2) is 5.37. The number of rotatable bonds is 3. The van der Waals surface area contributed by atoms with Gasteiger partial charge < -0.3 is 10.5 Å². The van der Waals surface area contributed by atoms with Gasteiger partial charge in [-0.3, -0.25) is 4.79 Å². The standard InChI is InChI=1S/C10H11BrClNO2/c1-2-15-8(14)5-6-3-4-7(13)10(12)9(6)11/h3-4H,2,5,13H2,1H3. The van der Waals surface area contributed by atoms with Crippen molar-refractivity contribution in [1.29, 1.82) is 0 Å². The molecule has 1 rings (SSSR count). The van der Waals surface area contributed by atoms with Gasteiger partial charge in [-0.2, -0.15) is 0 Å². The maximum absolute atomic E-state index is 11.2. The van der Waals surface area contributed by atoms with E-state index >= 15 is 0 Å². The average Bonchev–Trinajstić information content (AvgIpc) is 2.20. The summed E-state index contributed by atoms with van der Waals surface area (Å²) in [5, 5.41) is 0.428. The zero-order valence-corrected chi connectivity index (χ0v) is 10.6. The monoisotopic (exact) mass is 291 g/mol. The van der Waals surface area contributed by atoms with Gasteiger partial charge in [0.2, 0.25) is 0 Å². The third-order valence-electron chi connectivity index (χ3n) is 1.83. The van der Waals surface area contributed by atoms with E-state index in [1.54, 1.807) is 19.1 Å². The van der Waals surface area contributed by atoms with Crippen molar-refractivity contribution >= 4 is 39.2 Å². The quantitative estimate of drug-likeness (QED) is 0.688. The van der Waals surface area contributed by atoms with E-state index in [2.05, 4.69) is 15.9 Å². The van der Waals surface area contributed by atoms with Crippen LogP contribution in [0.3, 0.4) is 0 Å². The third-order valence-corrected chi connectivity index (χ3v) is 3.37. The van der Waals surface area contributed by atoms with E-state index in [4.69, 9.17) is 22.1 Å². The molecule has 0 unspecified atom stereocenters. The molecule has 0 saturated heterocycles. The van der Waals surface area contributed by atoms with Crippen molar-refractivity contribution in [2.24, 2.45) is 0 Å². The maximum Gasteiger partial charge on any atom is 0.310 e. The summed E-state index contributed by atoms with van der Waals surface area (Å²) in [4.78, 5) is 11.2. The van der Waals surface area contributed by atoms with Crippen LogP contribution in [0, 0.1) is 0 Å². The molecule has 0 radical (unpaired) electrons. The number of carbonyl (C=O) groups is 1. The van der Waals surface area contributed by atoms with E-state index in [1.165, 1.54) is 0 Å². The minimum Gasteiger partial charge on any atom is -0.466 e. The molecule has 0 aliphatic carbocycles. The highest BCUT2D eigenvalue weighted by Gasteiger charge is 2.11. The number of benzene rings is 1. The van der Waals surface area contributed by atoms with Crippen LogP contribution in [0.1, 0.15) is 12.5 Å². The summed E-state index contributed by atoms with van der Waals surface area (Å²) >= 11 is 9.21. The van der Waals surface area contributed by atoms with Crippen LogP contribution < -0.4 is 5.73 Å². The van der Waals surface area contributed by atoms with Gasteiger partial charge in [0, 0.05) is 4.47 Å². The molecule has 0 amide bonds. The molecule has 0 aliphatic rings. The number of nitrogen functional groups attached to an aromatic ring is 1. The molecular formula is C10H11BrClNO2. The van der Waals surface area contributed by atoms with Crippen LogP contribution in [0.2, 0.25) is 5.02 Å². The van der Waals surface area contributed by atoms with Crippen LogP contribution in [-0.2, 0) is 16.0 Å². The molecule has 0 saturated carbocycles. The molecule has 1 aromatic rings. The fourth-order valence-electron chi connectivity index (χ4n) is 1.11. The second-order valence-electron chi connectivity index (χ2n) is 2.92. The third kappa shape index (κ3) is 3.11. The van der Waals surface area contributed by atoms with Crippen LogP contribution in [0.5, 0.6) is 0 Å². The highest BCUT2D eigenvalue weighted by molar-refractivity contribution is 9.10. The van der Waals surface area contributed by atoms with Crippen LogP contribution in [0.4, 0.5) is 5.69 Å². The van der Waals surface area contributed by atoms with Gasteiger partial charge >= 0.3 is 5.97 Å². The highest BCUT2D eigenvalue weighted by Crippen LogP contribution is 2.31. The largest absolute Gasteiger partial charge is 0.466 e. The lowest BCUT2D eigenvalue weighted by Gasteiger charge is -2.07. The first-order valence-corrected chi connectivity index (χ1v) is 5.61. The second-order valence-corrected chi connectivity index (χ2v) is 4.09. The molecule has 5 heteroatoms.